The van der Waals surface area contributed by atoms with E-state index < -0.39 is 5.60 Å². The van der Waals surface area contributed by atoms with Gasteiger partial charge in [0.1, 0.15) is 0 Å². The second-order valence-corrected chi connectivity index (χ2v) is 4.93. The number of carbonyl (C=O) groups excluding carboxylic acids is 1. The molecule has 0 aromatic heterocycles. The predicted molar refractivity (Wildman–Crippen MR) is 58.4 cm³/mol. The van der Waals surface area contributed by atoms with Crippen LogP contribution in [0.4, 0.5) is 0 Å². The van der Waals surface area contributed by atoms with Gasteiger partial charge in [0.15, 0.2) is 0 Å². The number of hydrogen-bond donors (Lipinski definition) is 1. The Balaban J connectivity index is 0.00000128. The minimum Gasteiger partial charge on any atom is -0.644 e. The van der Waals surface area contributed by atoms with Crippen LogP contribution < -0.4 is 0 Å². The first-order valence-electron chi connectivity index (χ1n) is 5.62. The van der Waals surface area contributed by atoms with Crippen molar-refractivity contribution in [3.8, 4) is 0 Å². The second-order valence-electron chi connectivity index (χ2n) is 4.93. The molecule has 1 heterocycles. The van der Waals surface area contributed by atoms with Gasteiger partial charge in [-0.15, -0.1) is 0 Å². The maximum absolute atomic E-state index is 11.0. The zero-order valence-electron chi connectivity index (χ0n) is 10.5. The van der Waals surface area contributed by atoms with Gasteiger partial charge in [0.05, 0.1) is 11.5 Å². The summed E-state index contributed by atoms with van der Waals surface area (Å²) in [6.07, 6.45) is 4.99. The van der Waals surface area contributed by atoms with E-state index in [2.05, 4.69) is 12.2 Å². The van der Waals surface area contributed by atoms with Crippen molar-refractivity contribution in [2.24, 2.45) is 11.8 Å². The van der Waals surface area contributed by atoms with Crippen molar-refractivity contribution in [2.75, 3.05) is 0 Å². The van der Waals surface area contributed by atoms with Gasteiger partial charge in [0.25, 0.3) is 0 Å². The first-order chi connectivity index (χ1) is 6.93. The summed E-state index contributed by atoms with van der Waals surface area (Å²) in [7, 11) is 0. The van der Waals surface area contributed by atoms with E-state index in [1.807, 2.05) is 26.0 Å². The molecule has 17 heavy (non-hydrogen) atoms. The summed E-state index contributed by atoms with van der Waals surface area (Å²) >= 11 is 0. The van der Waals surface area contributed by atoms with Crippen LogP contribution in [0.15, 0.2) is 12.2 Å². The monoisotopic (exact) mass is 481 g/mol. The molecule has 1 aliphatic carbocycles. The third kappa shape index (κ3) is 2.78. The SMILES string of the molecule is CCC1(O)C=CC2(CC(=O)[N-]2)C(C)C1C.[W].[Y]. The molecule has 4 unspecified atom stereocenters. The fourth-order valence-corrected chi connectivity index (χ4v) is 2.72. The molecule has 1 fully saturated rings. The summed E-state index contributed by atoms with van der Waals surface area (Å²) in [6.45, 7) is 6.09. The summed E-state index contributed by atoms with van der Waals surface area (Å²) in [6, 6.07) is 0. The number of carbonyl (C=O) groups is 1. The van der Waals surface area contributed by atoms with E-state index in [9.17, 15) is 9.90 Å². The molecule has 0 aromatic carbocycles. The topological polar surface area (TPSA) is 51.4 Å². The molecule has 0 saturated carbocycles. The summed E-state index contributed by atoms with van der Waals surface area (Å²) < 4.78 is 0. The summed E-state index contributed by atoms with van der Waals surface area (Å²) in [5.74, 6) is 0.357. The molecule has 1 saturated heterocycles. The fourth-order valence-electron chi connectivity index (χ4n) is 2.72. The molecule has 2 aliphatic rings. The minimum absolute atomic E-state index is 0. The molecule has 1 amide bonds. The molecule has 2 rings (SSSR count). The van der Waals surface area contributed by atoms with Crippen LogP contribution in [0.2, 0.25) is 0 Å². The van der Waals surface area contributed by atoms with Crippen LogP contribution in [-0.4, -0.2) is 22.2 Å². The number of β-lactam (4-membered cyclic amide) rings is 1. The Hall–Kier alpha value is 0.962. The van der Waals surface area contributed by atoms with E-state index >= 15 is 0 Å². The summed E-state index contributed by atoms with van der Waals surface area (Å²) in [4.78, 5) is 11.0. The molecule has 0 aromatic rings. The van der Waals surface area contributed by atoms with Gasteiger partial charge in [-0.05, 0) is 24.7 Å². The Labute approximate surface area is 142 Å². The van der Waals surface area contributed by atoms with Gasteiger partial charge in [-0.1, -0.05) is 38.5 Å². The average Bonchev–Trinajstić information content (AvgIpc) is 2.18. The maximum atomic E-state index is 11.0. The van der Waals surface area contributed by atoms with Gasteiger partial charge in [0, 0.05) is 53.8 Å². The Morgan fingerprint density at radius 2 is 1.94 bits per heavy atom. The minimum atomic E-state index is -0.723. The number of aliphatic hydroxyl groups is 1. The first-order valence-corrected chi connectivity index (χ1v) is 5.62. The van der Waals surface area contributed by atoms with Gasteiger partial charge < -0.3 is 15.2 Å². The van der Waals surface area contributed by atoms with Crippen molar-refractivity contribution < 1.29 is 63.7 Å². The van der Waals surface area contributed by atoms with E-state index in [1.165, 1.54) is 0 Å². The van der Waals surface area contributed by atoms with E-state index in [1.54, 1.807) is 0 Å². The quantitative estimate of drug-likeness (QED) is 0.461. The van der Waals surface area contributed by atoms with Crippen LogP contribution in [0.1, 0.15) is 33.6 Å². The number of rotatable bonds is 1. The molecule has 1 N–H and O–H groups in total. The zero-order valence-corrected chi connectivity index (χ0v) is 16.3. The number of hydrogen-bond acceptors (Lipinski definition) is 2. The Morgan fingerprint density at radius 3 is 2.35 bits per heavy atom. The third-order valence-corrected chi connectivity index (χ3v) is 4.32. The van der Waals surface area contributed by atoms with Crippen molar-refractivity contribution in [1.82, 2.24) is 0 Å². The van der Waals surface area contributed by atoms with Gasteiger partial charge in [-0.3, -0.25) is 0 Å². The van der Waals surface area contributed by atoms with Crippen molar-refractivity contribution in [3.05, 3.63) is 17.5 Å². The summed E-state index contributed by atoms with van der Waals surface area (Å²) in [5, 5.41) is 14.4. The van der Waals surface area contributed by atoms with Gasteiger partial charge in [-0.2, -0.15) is 0 Å². The van der Waals surface area contributed by atoms with Crippen molar-refractivity contribution >= 4 is 5.91 Å². The van der Waals surface area contributed by atoms with E-state index in [4.69, 9.17) is 0 Å². The predicted octanol–water partition coefficient (Wildman–Crippen LogP) is 2.01. The molecule has 0 bridgehead atoms. The molecule has 1 radical (unpaired) electrons. The maximum Gasteiger partial charge on any atom is 0.0852 e. The van der Waals surface area contributed by atoms with Crippen molar-refractivity contribution in [2.45, 2.75) is 44.8 Å². The second kappa shape index (κ2) is 5.95. The Morgan fingerprint density at radius 1 is 1.41 bits per heavy atom. The van der Waals surface area contributed by atoms with Crippen LogP contribution in [0.5, 0.6) is 0 Å². The molecule has 93 valence electrons. The van der Waals surface area contributed by atoms with Crippen molar-refractivity contribution in [3.63, 3.8) is 0 Å². The van der Waals surface area contributed by atoms with Crippen molar-refractivity contribution in [1.29, 1.82) is 0 Å². The molecular formula is C12H18NO2WY-. The van der Waals surface area contributed by atoms with E-state index in [0.29, 0.717) is 12.8 Å². The Kier molecular flexibility index (Phi) is 6.28. The van der Waals surface area contributed by atoms with E-state index in [0.717, 1.165) is 0 Å². The Bertz CT molecular complexity index is 326. The number of nitrogens with zero attached hydrogens (tertiary/aromatic N) is 1. The molecule has 4 atom stereocenters. The van der Waals surface area contributed by atoms with Crippen LogP contribution in [0.3, 0.4) is 0 Å². The first kappa shape index (κ1) is 18.0. The summed E-state index contributed by atoms with van der Waals surface area (Å²) in [5.41, 5.74) is -1.03. The molecule has 1 aliphatic heterocycles. The molecule has 1 spiro atoms. The van der Waals surface area contributed by atoms with E-state index in [-0.39, 0.29) is 77.1 Å². The fraction of sp³-hybridized carbons (Fsp3) is 0.750. The largest absolute Gasteiger partial charge is 0.644 e. The smallest absolute Gasteiger partial charge is 0.0852 e. The van der Waals surface area contributed by atoms with Crippen LogP contribution in [-0.2, 0) is 58.6 Å². The number of amides is 1. The van der Waals surface area contributed by atoms with Gasteiger partial charge in [0.2, 0.25) is 0 Å². The van der Waals surface area contributed by atoms with Crippen LogP contribution >= 0.6 is 0 Å². The zero-order chi connectivity index (χ0) is 11.3. The van der Waals surface area contributed by atoms with Gasteiger partial charge in [-0.25, -0.2) is 0 Å². The molecule has 3 nitrogen and oxygen atoms in total. The molecule has 5 heteroatoms. The van der Waals surface area contributed by atoms with Crippen LogP contribution in [0, 0.1) is 11.8 Å². The standard InChI is InChI=1S/C12H19NO2.W.Y/c1-4-12(15)6-5-11(7-10(14)13-11)8(2)9(12)3;;/h5-6,8-9,15H,4,7H2,1-3H3,(H,13,14);;/p-1. The normalized spacial score (nSPS) is 43.2. The average molecular weight is 481 g/mol. The molecular weight excluding hydrogens is 463 g/mol. The van der Waals surface area contributed by atoms with Gasteiger partial charge >= 0.3 is 0 Å². The third-order valence-electron chi connectivity index (χ3n) is 4.32. The van der Waals surface area contributed by atoms with Crippen LogP contribution in [0.25, 0.3) is 5.32 Å².